The summed E-state index contributed by atoms with van der Waals surface area (Å²) in [7, 11) is 0. The van der Waals surface area contributed by atoms with E-state index < -0.39 is 0 Å². The molecule has 1 aromatic carbocycles. The van der Waals surface area contributed by atoms with Crippen LogP contribution in [0.2, 0.25) is 0 Å². The average molecular weight is 272 g/mol. The van der Waals surface area contributed by atoms with Crippen molar-refractivity contribution in [3.8, 4) is 0 Å². The number of likely N-dealkylation sites (tertiary alicyclic amines) is 1. The Morgan fingerprint density at radius 1 is 1.25 bits per heavy atom. The number of carbonyl (C=O) groups excluding carboxylic acids is 1. The van der Waals surface area contributed by atoms with E-state index in [1.807, 2.05) is 6.07 Å². The van der Waals surface area contributed by atoms with Gasteiger partial charge in [0.25, 0.3) is 0 Å². The van der Waals surface area contributed by atoms with Gasteiger partial charge in [0, 0.05) is 25.0 Å². The van der Waals surface area contributed by atoms with Gasteiger partial charge in [-0.2, -0.15) is 0 Å². The first-order valence-electron chi connectivity index (χ1n) is 7.83. The van der Waals surface area contributed by atoms with E-state index >= 15 is 0 Å². The number of carbonyl (C=O) groups is 1. The number of amides is 1. The molecule has 0 spiro atoms. The zero-order valence-electron chi connectivity index (χ0n) is 12.0. The summed E-state index contributed by atoms with van der Waals surface area (Å²) in [6, 6.07) is 10.9. The first kappa shape index (κ1) is 13.6. The lowest BCUT2D eigenvalue weighted by atomic mass is 10.0. The summed E-state index contributed by atoms with van der Waals surface area (Å²) >= 11 is 0. The minimum atomic E-state index is 0.0838. The van der Waals surface area contributed by atoms with Crippen molar-refractivity contribution in [3.63, 3.8) is 0 Å². The highest BCUT2D eigenvalue weighted by molar-refractivity contribution is 5.77. The van der Waals surface area contributed by atoms with Gasteiger partial charge in [0.1, 0.15) is 0 Å². The molecule has 3 heteroatoms. The van der Waals surface area contributed by atoms with Crippen LogP contribution >= 0.6 is 0 Å². The molecular formula is C17H24N2O. The van der Waals surface area contributed by atoms with Crippen molar-refractivity contribution >= 4 is 5.91 Å². The molecule has 0 aromatic heterocycles. The second-order valence-electron chi connectivity index (χ2n) is 6.28. The fourth-order valence-corrected chi connectivity index (χ4v) is 3.27. The van der Waals surface area contributed by atoms with Crippen LogP contribution in [0.25, 0.3) is 0 Å². The third-order valence-corrected chi connectivity index (χ3v) is 4.65. The fourth-order valence-electron chi connectivity index (χ4n) is 3.27. The molecule has 2 fully saturated rings. The Morgan fingerprint density at radius 3 is 2.70 bits per heavy atom. The lowest BCUT2D eigenvalue weighted by Crippen LogP contribution is -2.40. The Bertz CT molecular complexity index is 455. The van der Waals surface area contributed by atoms with Crippen molar-refractivity contribution in [2.45, 2.75) is 50.6 Å². The monoisotopic (exact) mass is 272 g/mol. The SMILES string of the molecule is NC(CC(=O)N1CCCC1Cc1ccccc1)C1CC1. The molecule has 3 nitrogen and oxygen atoms in total. The molecule has 1 aromatic rings. The number of nitrogens with two attached hydrogens (primary N) is 1. The molecule has 2 unspecified atom stereocenters. The summed E-state index contributed by atoms with van der Waals surface area (Å²) in [5.74, 6) is 0.872. The molecule has 1 aliphatic heterocycles. The number of rotatable bonds is 5. The molecule has 108 valence electrons. The highest BCUT2D eigenvalue weighted by Gasteiger charge is 2.34. The van der Waals surface area contributed by atoms with Crippen LogP contribution < -0.4 is 5.73 Å². The third-order valence-electron chi connectivity index (χ3n) is 4.65. The third kappa shape index (κ3) is 3.21. The minimum Gasteiger partial charge on any atom is -0.339 e. The quantitative estimate of drug-likeness (QED) is 0.894. The predicted molar refractivity (Wildman–Crippen MR) is 80.2 cm³/mol. The van der Waals surface area contributed by atoms with Crippen LogP contribution in [0, 0.1) is 5.92 Å². The standard InChI is InChI=1S/C17H24N2O/c18-16(14-8-9-14)12-17(20)19-10-4-7-15(19)11-13-5-2-1-3-6-13/h1-3,5-6,14-16H,4,7-12,18H2. The lowest BCUT2D eigenvalue weighted by molar-refractivity contribution is -0.132. The molecular weight excluding hydrogens is 248 g/mol. The van der Waals surface area contributed by atoms with Gasteiger partial charge < -0.3 is 10.6 Å². The molecule has 2 atom stereocenters. The van der Waals surface area contributed by atoms with Gasteiger partial charge in [0.2, 0.25) is 5.91 Å². The van der Waals surface area contributed by atoms with Gasteiger partial charge in [-0.25, -0.2) is 0 Å². The largest absolute Gasteiger partial charge is 0.339 e. The maximum absolute atomic E-state index is 12.4. The first-order valence-corrected chi connectivity index (χ1v) is 7.83. The molecule has 20 heavy (non-hydrogen) atoms. The van der Waals surface area contributed by atoms with Crippen LogP contribution in [0.3, 0.4) is 0 Å². The zero-order valence-corrected chi connectivity index (χ0v) is 12.0. The maximum atomic E-state index is 12.4. The van der Waals surface area contributed by atoms with Gasteiger partial charge in [0.15, 0.2) is 0 Å². The van der Waals surface area contributed by atoms with E-state index in [1.54, 1.807) is 0 Å². The van der Waals surface area contributed by atoms with E-state index in [9.17, 15) is 4.79 Å². The molecule has 1 saturated heterocycles. The summed E-state index contributed by atoms with van der Waals surface area (Å²) in [5, 5.41) is 0. The van der Waals surface area contributed by atoms with E-state index in [1.165, 1.54) is 18.4 Å². The molecule has 0 bridgehead atoms. The Morgan fingerprint density at radius 2 is 2.00 bits per heavy atom. The Balaban J connectivity index is 1.58. The number of nitrogens with zero attached hydrogens (tertiary/aromatic N) is 1. The maximum Gasteiger partial charge on any atom is 0.224 e. The molecule has 2 aliphatic rings. The van der Waals surface area contributed by atoms with Crippen LogP contribution in [0.1, 0.15) is 37.7 Å². The van der Waals surface area contributed by atoms with E-state index in [0.717, 1.165) is 25.8 Å². The average Bonchev–Trinajstić information content (AvgIpc) is 3.21. The smallest absolute Gasteiger partial charge is 0.224 e. The number of hydrogen-bond donors (Lipinski definition) is 1. The van der Waals surface area contributed by atoms with E-state index in [2.05, 4.69) is 29.2 Å². The Labute approximate surface area is 121 Å². The van der Waals surface area contributed by atoms with Gasteiger partial charge in [-0.05, 0) is 43.6 Å². The van der Waals surface area contributed by atoms with Crippen molar-refractivity contribution in [2.24, 2.45) is 11.7 Å². The van der Waals surface area contributed by atoms with E-state index in [4.69, 9.17) is 5.73 Å². The molecule has 3 rings (SSSR count). The van der Waals surface area contributed by atoms with Crippen molar-refractivity contribution in [3.05, 3.63) is 35.9 Å². The van der Waals surface area contributed by atoms with Gasteiger partial charge in [-0.1, -0.05) is 30.3 Å². The summed E-state index contributed by atoms with van der Waals surface area (Å²) in [4.78, 5) is 14.5. The van der Waals surface area contributed by atoms with Crippen molar-refractivity contribution in [1.29, 1.82) is 0 Å². The summed E-state index contributed by atoms with van der Waals surface area (Å²) < 4.78 is 0. The summed E-state index contributed by atoms with van der Waals surface area (Å²) in [6.07, 6.45) is 6.19. The second kappa shape index (κ2) is 5.96. The van der Waals surface area contributed by atoms with Crippen LogP contribution in [0.4, 0.5) is 0 Å². The summed E-state index contributed by atoms with van der Waals surface area (Å²) in [5.41, 5.74) is 7.42. The minimum absolute atomic E-state index is 0.0838. The molecule has 1 saturated carbocycles. The Kier molecular flexibility index (Phi) is 4.06. The second-order valence-corrected chi connectivity index (χ2v) is 6.28. The number of hydrogen-bond acceptors (Lipinski definition) is 2. The van der Waals surface area contributed by atoms with Crippen LogP contribution in [-0.4, -0.2) is 29.4 Å². The van der Waals surface area contributed by atoms with Gasteiger partial charge in [0.05, 0.1) is 0 Å². The van der Waals surface area contributed by atoms with Gasteiger partial charge in [-0.3, -0.25) is 4.79 Å². The molecule has 1 heterocycles. The van der Waals surface area contributed by atoms with Crippen LogP contribution in [-0.2, 0) is 11.2 Å². The van der Waals surface area contributed by atoms with Gasteiger partial charge in [-0.15, -0.1) is 0 Å². The molecule has 2 N–H and O–H groups in total. The van der Waals surface area contributed by atoms with Crippen molar-refractivity contribution < 1.29 is 4.79 Å². The van der Waals surface area contributed by atoms with Crippen LogP contribution in [0.5, 0.6) is 0 Å². The van der Waals surface area contributed by atoms with Crippen molar-refractivity contribution in [2.75, 3.05) is 6.54 Å². The van der Waals surface area contributed by atoms with E-state index in [-0.39, 0.29) is 11.9 Å². The van der Waals surface area contributed by atoms with Crippen LogP contribution in [0.15, 0.2) is 30.3 Å². The predicted octanol–water partition coefficient (Wildman–Crippen LogP) is 2.35. The van der Waals surface area contributed by atoms with Gasteiger partial charge >= 0.3 is 0 Å². The van der Waals surface area contributed by atoms with Crippen molar-refractivity contribution in [1.82, 2.24) is 4.90 Å². The lowest BCUT2D eigenvalue weighted by Gasteiger charge is -2.26. The molecule has 0 radical (unpaired) electrons. The zero-order chi connectivity index (χ0) is 13.9. The topological polar surface area (TPSA) is 46.3 Å². The highest BCUT2D eigenvalue weighted by Crippen LogP contribution is 2.33. The molecule has 1 aliphatic carbocycles. The first-order chi connectivity index (χ1) is 9.74. The summed E-state index contributed by atoms with van der Waals surface area (Å²) in [6.45, 7) is 0.910. The number of benzene rings is 1. The van der Waals surface area contributed by atoms with E-state index in [0.29, 0.717) is 18.4 Å². The fraction of sp³-hybridized carbons (Fsp3) is 0.588. The molecule has 1 amide bonds. The highest BCUT2D eigenvalue weighted by atomic mass is 16.2. The normalized spacial score (nSPS) is 23.9. The Hall–Kier alpha value is -1.35.